The second-order valence-electron chi connectivity index (χ2n) is 4.49. The molecule has 0 aliphatic carbocycles. The van der Waals surface area contributed by atoms with E-state index in [2.05, 4.69) is 4.98 Å². The molecular weight excluding hydrogens is 297 g/mol. The molecule has 1 heterocycles. The zero-order valence-corrected chi connectivity index (χ0v) is 13.8. The van der Waals surface area contributed by atoms with Crippen LogP contribution < -0.4 is 4.74 Å². The summed E-state index contributed by atoms with van der Waals surface area (Å²) in [6.07, 6.45) is 1.87. The van der Waals surface area contributed by atoms with Crippen LogP contribution in [0, 0.1) is 12.8 Å². The molecule has 0 saturated heterocycles. The molecule has 2 rings (SSSR count). The van der Waals surface area contributed by atoms with E-state index in [-0.39, 0.29) is 12.5 Å². The number of H-pyrrole nitrogens is 1. The Morgan fingerprint density at radius 3 is 2.60 bits per heavy atom. The highest BCUT2D eigenvalue weighted by atomic mass is 35.5. The number of aromatic nitrogens is 1. The first-order valence-electron chi connectivity index (χ1n) is 6.74. The fourth-order valence-electron chi connectivity index (χ4n) is 1.78. The van der Waals surface area contributed by atoms with Crippen molar-refractivity contribution in [3.63, 3.8) is 0 Å². The topological polar surface area (TPSA) is 45.2 Å². The Balaban J connectivity index is 0.000000956. The van der Waals surface area contributed by atoms with Gasteiger partial charge in [-0.05, 0) is 12.5 Å². The first kappa shape index (κ1) is 17.2. The monoisotopic (exact) mass is 317 g/mol. The van der Waals surface area contributed by atoms with Gasteiger partial charge in [0.05, 0.1) is 22.2 Å². The number of aliphatic hydroxyl groups is 1. The van der Waals surface area contributed by atoms with Crippen molar-refractivity contribution in [2.45, 2.75) is 27.7 Å². The number of aryl methyl sites for hydroxylation is 1. The van der Waals surface area contributed by atoms with Crippen molar-refractivity contribution in [2.75, 3.05) is 13.2 Å². The second kappa shape index (κ2) is 7.77. The van der Waals surface area contributed by atoms with Crippen LogP contribution in [0.2, 0.25) is 10.0 Å². The summed E-state index contributed by atoms with van der Waals surface area (Å²) >= 11 is 12.2. The van der Waals surface area contributed by atoms with Crippen LogP contribution in [0.15, 0.2) is 12.3 Å². The standard InChI is InChI=1S/C13H15Cl2NO2.C2H6/c1-7(5-17)6-18-10-3-9(14)12(15)13-11(10)8(2)4-16-13;1-2/h3-4,7,16-17H,5-6H2,1-2H3;1-2H3. The van der Waals surface area contributed by atoms with Crippen LogP contribution >= 0.6 is 23.2 Å². The summed E-state index contributed by atoms with van der Waals surface area (Å²) in [7, 11) is 0. The number of rotatable bonds is 4. The van der Waals surface area contributed by atoms with Gasteiger partial charge in [0.15, 0.2) is 0 Å². The number of aliphatic hydroxyl groups excluding tert-OH is 1. The van der Waals surface area contributed by atoms with E-state index in [0.29, 0.717) is 22.4 Å². The average Bonchev–Trinajstić information content (AvgIpc) is 2.85. The third-order valence-electron chi connectivity index (χ3n) is 2.85. The molecule has 0 radical (unpaired) electrons. The van der Waals surface area contributed by atoms with Gasteiger partial charge in [0, 0.05) is 30.2 Å². The largest absolute Gasteiger partial charge is 0.492 e. The molecule has 1 aromatic heterocycles. The second-order valence-corrected chi connectivity index (χ2v) is 5.28. The number of hydrogen-bond acceptors (Lipinski definition) is 2. The van der Waals surface area contributed by atoms with Gasteiger partial charge in [-0.25, -0.2) is 0 Å². The number of fused-ring (bicyclic) bond motifs is 1. The van der Waals surface area contributed by atoms with Gasteiger partial charge < -0.3 is 14.8 Å². The highest BCUT2D eigenvalue weighted by Crippen LogP contribution is 2.38. The third-order valence-corrected chi connectivity index (χ3v) is 3.63. The molecule has 5 heteroatoms. The Labute approximate surface area is 129 Å². The highest BCUT2D eigenvalue weighted by molar-refractivity contribution is 6.45. The molecule has 0 amide bonds. The molecule has 0 saturated carbocycles. The predicted molar refractivity (Wildman–Crippen MR) is 86.1 cm³/mol. The van der Waals surface area contributed by atoms with Crippen LogP contribution in [0.1, 0.15) is 26.3 Å². The molecule has 112 valence electrons. The molecular formula is C15H21Cl2NO2. The van der Waals surface area contributed by atoms with Gasteiger partial charge in [-0.2, -0.15) is 0 Å². The summed E-state index contributed by atoms with van der Waals surface area (Å²) in [4.78, 5) is 3.09. The van der Waals surface area contributed by atoms with E-state index >= 15 is 0 Å². The van der Waals surface area contributed by atoms with Crippen molar-refractivity contribution in [2.24, 2.45) is 5.92 Å². The van der Waals surface area contributed by atoms with Gasteiger partial charge in [0.1, 0.15) is 5.75 Å². The summed E-state index contributed by atoms with van der Waals surface area (Å²) in [5, 5.41) is 10.9. The SMILES string of the molecule is CC.Cc1c[nH]c2c(Cl)c(Cl)cc(OCC(C)CO)c12. The Bertz CT molecular complexity index is 566. The van der Waals surface area contributed by atoms with Crippen LogP contribution in [0.25, 0.3) is 10.9 Å². The van der Waals surface area contributed by atoms with Crippen LogP contribution in [-0.4, -0.2) is 23.3 Å². The maximum atomic E-state index is 9.01. The third kappa shape index (κ3) is 3.60. The summed E-state index contributed by atoms with van der Waals surface area (Å²) in [6, 6.07) is 1.72. The van der Waals surface area contributed by atoms with E-state index in [9.17, 15) is 0 Å². The van der Waals surface area contributed by atoms with Gasteiger partial charge in [0.2, 0.25) is 0 Å². The molecule has 2 aromatic rings. The van der Waals surface area contributed by atoms with Crippen molar-refractivity contribution in [1.29, 1.82) is 0 Å². The molecule has 1 unspecified atom stereocenters. The molecule has 0 fully saturated rings. The van der Waals surface area contributed by atoms with Crippen molar-refractivity contribution in [1.82, 2.24) is 4.98 Å². The number of aromatic amines is 1. The fraction of sp³-hybridized carbons (Fsp3) is 0.467. The summed E-state index contributed by atoms with van der Waals surface area (Å²) in [5.41, 5.74) is 1.84. The number of ether oxygens (including phenoxy) is 1. The van der Waals surface area contributed by atoms with Gasteiger partial charge in [-0.3, -0.25) is 0 Å². The molecule has 20 heavy (non-hydrogen) atoms. The van der Waals surface area contributed by atoms with E-state index in [1.54, 1.807) is 6.07 Å². The summed E-state index contributed by atoms with van der Waals surface area (Å²) in [5.74, 6) is 0.771. The first-order valence-corrected chi connectivity index (χ1v) is 7.49. The number of hydrogen-bond donors (Lipinski definition) is 2. The Kier molecular flexibility index (Phi) is 6.66. The maximum Gasteiger partial charge on any atom is 0.130 e. The molecule has 0 aliphatic heterocycles. The van der Waals surface area contributed by atoms with Crippen LogP contribution in [0.5, 0.6) is 5.75 Å². The summed E-state index contributed by atoms with van der Waals surface area (Å²) < 4.78 is 5.72. The zero-order valence-electron chi connectivity index (χ0n) is 12.3. The zero-order chi connectivity index (χ0) is 15.3. The number of benzene rings is 1. The minimum Gasteiger partial charge on any atom is -0.492 e. The Morgan fingerprint density at radius 2 is 2.00 bits per heavy atom. The molecule has 0 aliphatic rings. The van der Waals surface area contributed by atoms with E-state index in [0.717, 1.165) is 16.5 Å². The lowest BCUT2D eigenvalue weighted by molar-refractivity contribution is 0.175. The van der Waals surface area contributed by atoms with Crippen molar-refractivity contribution in [3.05, 3.63) is 27.9 Å². The summed E-state index contributed by atoms with van der Waals surface area (Å²) in [6.45, 7) is 8.43. The van der Waals surface area contributed by atoms with Crippen molar-refractivity contribution < 1.29 is 9.84 Å². The average molecular weight is 318 g/mol. The normalized spacial score (nSPS) is 11.9. The van der Waals surface area contributed by atoms with Gasteiger partial charge in [-0.15, -0.1) is 0 Å². The van der Waals surface area contributed by atoms with E-state index in [1.807, 2.05) is 33.9 Å². The van der Waals surface area contributed by atoms with E-state index < -0.39 is 0 Å². The van der Waals surface area contributed by atoms with Gasteiger partial charge in [-0.1, -0.05) is 44.0 Å². The van der Waals surface area contributed by atoms with Crippen molar-refractivity contribution in [3.8, 4) is 5.75 Å². The smallest absolute Gasteiger partial charge is 0.130 e. The van der Waals surface area contributed by atoms with E-state index in [1.165, 1.54) is 0 Å². The molecule has 1 atom stereocenters. The van der Waals surface area contributed by atoms with Gasteiger partial charge in [0.25, 0.3) is 0 Å². The molecule has 2 N–H and O–H groups in total. The lowest BCUT2D eigenvalue weighted by atomic mass is 10.1. The Morgan fingerprint density at radius 1 is 1.35 bits per heavy atom. The quantitative estimate of drug-likeness (QED) is 0.849. The van der Waals surface area contributed by atoms with Crippen LogP contribution in [0.4, 0.5) is 0 Å². The van der Waals surface area contributed by atoms with Crippen molar-refractivity contribution >= 4 is 34.1 Å². The predicted octanol–water partition coefficient (Wildman–Crippen LogP) is 4.82. The molecule has 3 nitrogen and oxygen atoms in total. The Hall–Kier alpha value is -0.900. The van der Waals surface area contributed by atoms with Crippen LogP contribution in [0.3, 0.4) is 0 Å². The highest BCUT2D eigenvalue weighted by Gasteiger charge is 2.14. The molecule has 0 spiro atoms. The fourth-order valence-corrected chi connectivity index (χ4v) is 2.18. The lowest BCUT2D eigenvalue weighted by Crippen LogP contribution is -2.12. The first-order chi connectivity index (χ1) is 9.54. The number of halogens is 2. The molecule has 0 bridgehead atoms. The maximum absolute atomic E-state index is 9.01. The van der Waals surface area contributed by atoms with E-state index in [4.69, 9.17) is 33.0 Å². The number of nitrogens with one attached hydrogen (secondary N) is 1. The minimum atomic E-state index is 0.0775. The lowest BCUT2D eigenvalue weighted by Gasteiger charge is -2.13. The van der Waals surface area contributed by atoms with Crippen LogP contribution in [-0.2, 0) is 0 Å². The molecule has 1 aromatic carbocycles. The minimum absolute atomic E-state index is 0.0775. The van der Waals surface area contributed by atoms with Gasteiger partial charge >= 0.3 is 0 Å².